The molecule has 0 heterocycles. The van der Waals surface area contributed by atoms with Crippen LogP contribution in [0.5, 0.6) is 0 Å². The van der Waals surface area contributed by atoms with Gasteiger partial charge in [0.05, 0.1) is 4.90 Å². The summed E-state index contributed by atoms with van der Waals surface area (Å²) < 4.78 is 23.4. The number of halogens is 1. The van der Waals surface area contributed by atoms with Crippen molar-refractivity contribution in [3.8, 4) is 11.1 Å². The van der Waals surface area contributed by atoms with Crippen molar-refractivity contribution in [2.45, 2.75) is 11.4 Å². The summed E-state index contributed by atoms with van der Waals surface area (Å²) in [5.41, 5.74) is 3.19. The van der Waals surface area contributed by atoms with Crippen molar-refractivity contribution in [1.29, 1.82) is 0 Å². The van der Waals surface area contributed by atoms with Gasteiger partial charge in [0, 0.05) is 12.8 Å². The molecule has 0 bridgehead atoms. The molecule has 5 heteroatoms. The van der Waals surface area contributed by atoms with E-state index in [1.54, 1.807) is 12.1 Å². The van der Waals surface area contributed by atoms with Crippen molar-refractivity contribution in [3.63, 3.8) is 0 Å². The predicted molar refractivity (Wildman–Crippen MR) is 89.6 cm³/mol. The normalized spacial score (nSPS) is 11.2. The maximum Gasteiger partial charge on any atom is 0.175 e. The average Bonchev–Trinajstić information content (AvgIpc) is 2.38. The van der Waals surface area contributed by atoms with E-state index in [1.165, 1.54) is 6.26 Å². The Bertz CT molecular complexity index is 697. The van der Waals surface area contributed by atoms with E-state index in [1.807, 2.05) is 55.4 Å². The van der Waals surface area contributed by atoms with Gasteiger partial charge in [0.15, 0.2) is 9.84 Å². The summed E-state index contributed by atoms with van der Waals surface area (Å²) in [6.07, 6.45) is 1.24. The van der Waals surface area contributed by atoms with Gasteiger partial charge in [0.25, 0.3) is 0 Å². The van der Waals surface area contributed by atoms with Crippen LogP contribution in [0, 0.1) is 0 Å². The standard InChI is InChI=1S/C16H19NO2S.ClH/c1-17(2)12-14-11-15(20(3,18)19)9-10-16(14)13-7-5-4-6-8-13;/h4-11H,12H2,1-3H3;1H. The maximum atomic E-state index is 11.7. The number of benzene rings is 2. The molecule has 3 nitrogen and oxygen atoms in total. The molecule has 0 aliphatic rings. The lowest BCUT2D eigenvalue weighted by Crippen LogP contribution is -2.12. The van der Waals surface area contributed by atoms with Gasteiger partial charge >= 0.3 is 0 Å². The third kappa shape index (κ3) is 4.56. The van der Waals surface area contributed by atoms with Crippen LogP contribution in [0.2, 0.25) is 0 Å². The smallest absolute Gasteiger partial charge is 0.175 e. The molecule has 0 unspecified atom stereocenters. The van der Waals surface area contributed by atoms with E-state index < -0.39 is 9.84 Å². The molecular weight excluding hydrogens is 306 g/mol. The third-order valence-corrected chi connectivity index (χ3v) is 4.19. The van der Waals surface area contributed by atoms with Crippen LogP contribution in [-0.2, 0) is 16.4 Å². The highest BCUT2D eigenvalue weighted by molar-refractivity contribution is 7.90. The Morgan fingerprint density at radius 2 is 1.62 bits per heavy atom. The van der Waals surface area contributed by atoms with Gasteiger partial charge in [0.2, 0.25) is 0 Å². The number of hydrogen-bond acceptors (Lipinski definition) is 3. The second-order valence-electron chi connectivity index (χ2n) is 5.19. The van der Waals surface area contributed by atoms with E-state index in [0.29, 0.717) is 11.4 Å². The van der Waals surface area contributed by atoms with Crippen LogP contribution < -0.4 is 0 Å². The van der Waals surface area contributed by atoms with Crippen molar-refractivity contribution in [1.82, 2.24) is 4.90 Å². The summed E-state index contributed by atoms with van der Waals surface area (Å²) in [5.74, 6) is 0. The van der Waals surface area contributed by atoms with Crippen LogP contribution in [0.15, 0.2) is 53.4 Å². The second-order valence-corrected chi connectivity index (χ2v) is 7.21. The molecule has 0 radical (unpaired) electrons. The van der Waals surface area contributed by atoms with Gasteiger partial charge in [-0.3, -0.25) is 0 Å². The Hall–Kier alpha value is -1.36. The largest absolute Gasteiger partial charge is 0.305 e. The van der Waals surface area contributed by atoms with Crippen LogP contribution in [0.25, 0.3) is 11.1 Å². The Labute approximate surface area is 132 Å². The molecule has 0 atom stereocenters. The minimum atomic E-state index is -3.18. The average molecular weight is 326 g/mol. The molecule has 0 saturated carbocycles. The fraction of sp³-hybridized carbons (Fsp3) is 0.250. The summed E-state index contributed by atoms with van der Waals surface area (Å²) in [4.78, 5) is 2.41. The van der Waals surface area contributed by atoms with Crippen molar-refractivity contribution < 1.29 is 8.42 Å². The van der Waals surface area contributed by atoms with Gasteiger partial charge in [-0.15, -0.1) is 12.4 Å². The zero-order valence-electron chi connectivity index (χ0n) is 12.4. The predicted octanol–water partition coefficient (Wildman–Crippen LogP) is 3.24. The first-order valence-electron chi connectivity index (χ1n) is 6.41. The van der Waals surface area contributed by atoms with Crippen molar-refractivity contribution in [2.75, 3.05) is 20.4 Å². The Morgan fingerprint density at radius 3 is 2.14 bits per heavy atom. The highest BCUT2D eigenvalue weighted by atomic mass is 35.5. The molecule has 2 aromatic carbocycles. The van der Waals surface area contributed by atoms with E-state index in [9.17, 15) is 8.42 Å². The first kappa shape index (κ1) is 17.7. The highest BCUT2D eigenvalue weighted by Gasteiger charge is 2.12. The zero-order chi connectivity index (χ0) is 14.8. The van der Waals surface area contributed by atoms with Gasteiger partial charge in [0.1, 0.15) is 0 Å². The summed E-state index contributed by atoms with van der Waals surface area (Å²) in [7, 11) is 0.770. The van der Waals surface area contributed by atoms with Crippen molar-refractivity contribution >= 4 is 22.2 Å². The van der Waals surface area contributed by atoms with Gasteiger partial charge < -0.3 is 4.90 Å². The summed E-state index contributed by atoms with van der Waals surface area (Å²) in [6, 6.07) is 15.4. The first-order valence-corrected chi connectivity index (χ1v) is 8.30. The van der Waals surface area contributed by atoms with E-state index in [2.05, 4.69) is 0 Å². The highest BCUT2D eigenvalue weighted by Crippen LogP contribution is 2.27. The molecule has 0 fully saturated rings. The monoisotopic (exact) mass is 325 g/mol. The van der Waals surface area contributed by atoms with Crippen LogP contribution in [0.1, 0.15) is 5.56 Å². The Kier molecular flexibility index (Phi) is 5.96. The molecule has 2 rings (SSSR count). The molecule has 114 valence electrons. The maximum absolute atomic E-state index is 11.7. The van der Waals surface area contributed by atoms with E-state index in [4.69, 9.17) is 0 Å². The zero-order valence-corrected chi connectivity index (χ0v) is 14.0. The molecule has 0 aromatic heterocycles. The van der Waals surface area contributed by atoms with Crippen LogP contribution in [-0.4, -0.2) is 33.7 Å². The lowest BCUT2D eigenvalue weighted by molar-refractivity contribution is 0.402. The minimum Gasteiger partial charge on any atom is -0.305 e. The van der Waals surface area contributed by atoms with E-state index in [0.717, 1.165) is 16.7 Å². The lowest BCUT2D eigenvalue weighted by Gasteiger charge is -2.15. The van der Waals surface area contributed by atoms with Crippen LogP contribution >= 0.6 is 12.4 Å². The molecule has 21 heavy (non-hydrogen) atoms. The summed E-state index contributed by atoms with van der Waals surface area (Å²) in [5, 5.41) is 0. The number of rotatable bonds is 4. The summed E-state index contributed by atoms with van der Waals surface area (Å²) >= 11 is 0. The quantitative estimate of drug-likeness (QED) is 0.866. The summed E-state index contributed by atoms with van der Waals surface area (Å²) in [6.45, 7) is 0.702. The molecular formula is C16H20ClNO2S. The first-order chi connectivity index (χ1) is 9.38. The lowest BCUT2D eigenvalue weighted by atomic mass is 9.99. The third-order valence-electron chi connectivity index (χ3n) is 3.08. The molecule has 2 aromatic rings. The van der Waals surface area contributed by atoms with E-state index >= 15 is 0 Å². The van der Waals surface area contributed by atoms with Crippen molar-refractivity contribution in [3.05, 3.63) is 54.1 Å². The number of hydrogen-bond donors (Lipinski definition) is 0. The molecule has 0 N–H and O–H groups in total. The van der Waals surface area contributed by atoms with E-state index in [-0.39, 0.29) is 12.4 Å². The number of sulfone groups is 1. The molecule has 0 spiro atoms. The van der Waals surface area contributed by atoms with Crippen LogP contribution in [0.3, 0.4) is 0 Å². The Balaban J connectivity index is 0.00000220. The Morgan fingerprint density at radius 1 is 1.00 bits per heavy atom. The van der Waals surface area contributed by atoms with Gasteiger partial charge in [-0.1, -0.05) is 36.4 Å². The SMILES string of the molecule is CN(C)Cc1cc(S(C)(=O)=O)ccc1-c1ccccc1.Cl. The van der Waals surface area contributed by atoms with Crippen LogP contribution in [0.4, 0.5) is 0 Å². The van der Waals surface area contributed by atoms with Gasteiger partial charge in [-0.2, -0.15) is 0 Å². The molecule has 0 aliphatic carbocycles. The second kappa shape index (κ2) is 7.07. The molecule has 0 amide bonds. The van der Waals surface area contributed by atoms with Gasteiger partial charge in [-0.25, -0.2) is 8.42 Å². The van der Waals surface area contributed by atoms with Crippen molar-refractivity contribution in [2.24, 2.45) is 0 Å². The molecule has 0 aliphatic heterocycles. The van der Waals surface area contributed by atoms with Gasteiger partial charge in [-0.05, 0) is 42.9 Å². The molecule has 0 saturated heterocycles. The fourth-order valence-corrected chi connectivity index (χ4v) is 2.84. The fourth-order valence-electron chi connectivity index (χ4n) is 2.17. The minimum absolute atomic E-state index is 0. The topological polar surface area (TPSA) is 37.4 Å². The number of nitrogens with zero attached hydrogens (tertiary/aromatic N) is 1.